The van der Waals surface area contributed by atoms with Gasteiger partial charge in [0.25, 0.3) is 0 Å². The summed E-state index contributed by atoms with van der Waals surface area (Å²) in [7, 11) is 0. The molecule has 2 nitrogen and oxygen atoms in total. The molecule has 1 aliphatic heterocycles. The average Bonchev–Trinajstić information content (AvgIpc) is 2.51. The minimum Gasteiger partial charge on any atom is -0.327 e. The first-order valence-electron chi connectivity index (χ1n) is 8.05. The van der Waals surface area contributed by atoms with Crippen LogP contribution >= 0.6 is 23.2 Å². The molecule has 1 saturated heterocycles. The monoisotopic (exact) mass is 348 g/mol. The van der Waals surface area contributed by atoms with Gasteiger partial charge in [-0.05, 0) is 54.2 Å². The first kappa shape index (κ1) is 16.8. The van der Waals surface area contributed by atoms with Crippen LogP contribution in [-0.4, -0.2) is 24.0 Å². The highest BCUT2D eigenvalue weighted by Crippen LogP contribution is 2.23. The second kappa shape index (κ2) is 7.67. The number of benzene rings is 2. The molecule has 2 atom stereocenters. The molecule has 3 rings (SSSR count). The van der Waals surface area contributed by atoms with Crippen molar-refractivity contribution in [2.75, 3.05) is 13.1 Å². The van der Waals surface area contributed by atoms with Crippen LogP contribution in [0.15, 0.2) is 48.5 Å². The van der Waals surface area contributed by atoms with Crippen LogP contribution in [0.25, 0.3) is 0 Å². The van der Waals surface area contributed by atoms with E-state index in [9.17, 15) is 0 Å². The molecule has 0 spiro atoms. The van der Waals surface area contributed by atoms with E-state index in [-0.39, 0.29) is 6.04 Å². The molecule has 0 radical (unpaired) electrons. The SMILES string of the molecule is NC1CC(Cc2ccc(Cl)cc2)CN(Cc2ccc(Cl)cc2)C1. The standard InChI is InChI=1S/C19H22Cl2N2/c20-17-5-1-14(2-6-17)9-16-10-19(22)13-23(12-16)11-15-3-7-18(21)8-4-15/h1-8,16,19H,9-13,22H2. The molecular weight excluding hydrogens is 327 g/mol. The van der Waals surface area contributed by atoms with Crippen LogP contribution in [0.1, 0.15) is 17.5 Å². The van der Waals surface area contributed by atoms with Crippen LogP contribution in [0, 0.1) is 5.92 Å². The van der Waals surface area contributed by atoms with E-state index in [2.05, 4.69) is 29.2 Å². The average molecular weight is 349 g/mol. The molecule has 0 saturated carbocycles. The van der Waals surface area contributed by atoms with Crippen molar-refractivity contribution in [3.8, 4) is 0 Å². The Morgan fingerprint density at radius 3 is 2.04 bits per heavy atom. The van der Waals surface area contributed by atoms with E-state index in [1.807, 2.05) is 24.3 Å². The molecule has 0 aromatic heterocycles. The van der Waals surface area contributed by atoms with Gasteiger partial charge in [-0.1, -0.05) is 47.5 Å². The fraction of sp³-hybridized carbons (Fsp3) is 0.368. The van der Waals surface area contributed by atoms with Crippen LogP contribution in [0.2, 0.25) is 10.0 Å². The van der Waals surface area contributed by atoms with Gasteiger partial charge in [0.2, 0.25) is 0 Å². The normalized spacial score (nSPS) is 22.2. The van der Waals surface area contributed by atoms with E-state index in [0.29, 0.717) is 5.92 Å². The number of hydrogen-bond acceptors (Lipinski definition) is 2. The number of hydrogen-bond donors (Lipinski definition) is 1. The third kappa shape index (κ3) is 4.95. The second-order valence-electron chi connectivity index (χ2n) is 6.51. The van der Waals surface area contributed by atoms with Gasteiger partial charge >= 0.3 is 0 Å². The van der Waals surface area contributed by atoms with E-state index in [1.54, 1.807) is 0 Å². The summed E-state index contributed by atoms with van der Waals surface area (Å²) in [6.45, 7) is 2.97. The summed E-state index contributed by atoms with van der Waals surface area (Å²) in [5, 5.41) is 1.57. The van der Waals surface area contributed by atoms with Gasteiger partial charge in [0.15, 0.2) is 0 Å². The highest BCUT2D eigenvalue weighted by molar-refractivity contribution is 6.30. The van der Waals surface area contributed by atoms with Crippen molar-refractivity contribution >= 4 is 23.2 Å². The van der Waals surface area contributed by atoms with Crippen molar-refractivity contribution in [1.29, 1.82) is 0 Å². The first-order chi connectivity index (χ1) is 11.1. The van der Waals surface area contributed by atoms with Crippen molar-refractivity contribution in [2.45, 2.75) is 25.4 Å². The Labute approximate surface area is 148 Å². The number of rotatable bonds is 4. The van der Waals surface area contributed by atoms with Crippen LogP contribution in [0.3, 0.4) is 0 Å². The topological polar surface area (TPSA) is 29.3 Å². The molecule has 1 fully saturated rings. The zero-order valence-electron chi connectivity index (χ0n) is 13.1. The summed E-state index contributed by atoms with van der Waals surface area (Å²) < 4.78 is 0. The third-order valence-corrected chi connectivity index (χ3v) is 4.91. The molecule has 23 heavy (non-hydrogen) atoms. The zero-order valence-corrected chi connectivity index (χ0v) is 14.6. The van der Waals surface area contributed by atoms with Gasteiger partial charge < -0.3 is 5.73 Å². The van der Waals surface area contributed by atoms with Gasteiger partial charge in [0, 0.05) is 35.7 Å². The Hall–Kier alpha value is -1.06. The second-order valence-corrected chi connectivity index (χ2v) is 7.39. The van der Waals surface area contributed by atoms with Gasteiger partial charge in [-0.25, -0.2) is 0 Å². The molecule has 4 heteroatoms. The van der Waals surface area contributed by atoms with E-state index in [0.717, 1.165) is 42.5 Å². The number of halogens is 2. The van der Waals surface area contributed by atoms with E-state index >= 15 is 0 Å². The summed E-state index contributed by atoms with van der Waals surface area (Å²) in [6, 6.07) is 16.5. The Balaban J connectivity index is 1.62. The van der Waals surface area contributed by atoms with Gasteiger partial charge in [0.05, 0.1) is 0 Å². The van der Waals surface area contributed by atoms with Crippen molar-refractivity contribution in [3.63, 3.8) is 0 Å². The molecule has 1 heterocycles. The Morgan fingerprint density at radius 2 is 1.43 bits per heavy atom. The van der Waals surface area contributed by atoms with Gasteiger partial charge in [-0.2, -0.15) is 0 Å². The van der Waals surface area contributed by atoms with Crippen molar-refractivity contribution in [3.05, 3.63) is 69.7 Å². The number of nitrogens with two attached hydrogens (primary N) is 1. The maximum atomic E-state index is 6.29. The molecule has 2 aromatic carbocycles. The lowest BCUT2D eigenvalue weighted by atomic mass is 9.89. The Bertz CT molecular complexity index is 569. The summed E-state index contributed by atoms with van der Waals surface area (Å²) >= 11 is 11.9. The zero-order chi connectivity index (χ0) is 16.2. The first-order valence-corrected chi connectivity index (χ1v) is 8.81. The van der Waals surface area contributed by atoms with Crippen molar-refractivity contribution in [1.82, 2.24) is 4.90 Å². The molecule has 0 amide bonds. The van der Waals surface area contributed by atoms with Gasteiger partial charge in [-0.3, -0.25) is 4.90 Å². The molecule has 0 aliphatic carbocycles. The lowest BCUT2D eigenvalue weighted by molar-refractivity contribution is 0.149. The van der Waals surface area contributed by atoms with E-state index in [4.69, 9.17) is 28.9 Å². The predicted octanol–water partition coefficient (Wildman–Crippen LogP) is 4.39. The number of likely N-dealkylation sites (tertiary alicyclic amines) is 1. The lowest BCUT2D eigenvalue weighted by Crippen LogP contribution is -2.47. The number of nitrogens with zero attached hydrogens (tertiary/aromatic N) is 1. The molecule has 2 N–H and O–H groups in total. The maximum absolute atomic E-state index is 6.29. The molecule has 122 valence electrons. The highest BCUT2D eigenvalue weighted by Gasteiger charge is 2.25. The largest absolute Gasteiger partial charge is 0.327 e. The number of piperidine rings is 1. The smallest absolute Gasteiger partial charge is 0.0406 e. The lowest BCUT2D eigenvalue weighted by Gasteiger charge is -2.36. The Morgan fingerprint density at radius 1 is 0.870 bits per heavy atom. The molecule has 0 bridgehead atoms. The molecule has 1 aliphatic rings. The summed E-state index contributed by atoms with van der Waals surface area (Å²) in [5.74, 6) is 0.590. The molecule has 2 unspecified atom stereocenters. The van der Waals surface area contributed by atoms with Crippen LogP contribution < -0.4 is 5.73 Å². The Kier molecular flexibility index (Phi) is 5.60. The van der Waals surface area contributed by atoms with Crippen LogP contribution in [-0.2, 0) is 13.0 Å². The predicted molar refractivity (Wildman–Crippen MR) is 98.0 cm³/mol. The molecular formula is C19H22Cl2N2. The summed E-state index contributed by atoms with van der Waals surface area (Å²) in [4.78, 5) is 2.46. The van der Waals surface area contributed by atoms with Crippen LogP contribution in [0.4, 0.5) is 0 Å². The van der Waals surface area contributed by atoms with Crippen LogP contribution in [0.5, 0.6) is 0 Å². The maximum Gasteiger partial charge on any atom is 0.0406 e. The fourth-order valence-corrected chi connectivity index (χ4v) is 3.68. The molecule has 2 aromatic rings. The van der Waals surface area contributed by atoms with Gasteiger partial charge in [0.1, 0.15) is 0 Å². The van der Waals surface area contributed by atoms with Crippen molar-refractivity contribution < 1.29 is 0 Å². The third-order valence-electron chi connectivity index (χ3n) is 4.40. The van der Waals surface area contributed by atoms with Crippen molar-refractivity contribution in [2.24, 2.45) is 11.7 Å². The highest BCUT2D eigenvalue weighted by atomic mass is 35.5. The minimum absolute atomic E-state index is 0.244. The van der Waals surface area contributed by atoms with E-state index in [1.165, 1.54) is 11.1 Å². The minimum atomic E-state index is 0.244. The summed E-state index contributed by atoms with van der Waals surface area (Å²) in [6.07, 6.45) is 2.14. The van der Waals surface area contributed by atoms with Gasteiger partial charge in [-0.15, -0.1) is 0 Å². The summed E-state index contributed by atoms with van der Waals surface area (Å²) in [5.41, 5.74) is 8.91. The van der Waals surface area contributed by atoms with E-state index < -0.39 is 0 Å². The quantitative estimate of drug-likeness (QED) is 0.887. The fourth-order valence-electron chi connectivity index (χ4n) is 3.43.